The van der Waals surface area contributed by atoms with E-state index in [2.05, 4.69) is 15.9 Å². The van der Waals surface area contributed by atoms with E-state index in [-0.39, 0.29) is 30.2 Å². The average Bonchev–Trinajstić information content (AvgIpc) is 2.57. The van der Waals surface area contributed by atoms with Crippen LogP contribution in [0, 0.1) is 11.8 Å². The maximum atomic E-state index is 11.9. The zero-order valence-electron chi connectivity index (χ0n) is 10.8. The van der Waals surface area contributed by atoms with Gasteiger partial charge in [-0.15, -0.1) is 0 Å². The molecule has 2 rings (SSSR count). The largest absolute Gasteiger partial charge is 0.387 e. The summed E-state index contributed by atoms with van der Waals surface area (Å²) >= 11 is 3.32. The Morgan fingerprint density at radius 1 is 1.16 bits per heavy atom. The first-order valence-corrected chi connectivity index (χ1v) is 7.00. The van der Waals surface area contributed by atoms with Crippen molar-refractivity contribution < 1.29 is 14.7 Å². The summed E-state index contributed by atoms with van der Waals surface area (Å²) in [5.41, 5.74) is 0.691. The van der Waals surface area contributed by atoms with Gasteiger partial charge in [0.1, 0.15) is 0 Å². The number of amides is 2. The molecule has 1 N–H and O–H groups in total. The van der Waals surface area contributed by atoms with Crippen LogP contribution in [0.5, 0.6) is 0 Å². The van der Waals surface area contributed by atoms with E-state index in [1.807, 2.05) is 12.1 Å². The fourth-order valence-electron chi connectivity index (χ4n) is 2.17. The smallest absolute Gasteiger partial charge is 0.232 e. The molecule has 0 spiro atoms. The Morgan fingerprint density at radius 2 is 1.63 bits per heavy atom. The quantitative estimate of drug-likeness (QED) is 0.866. The summed E-state index contributed by atoms with van der Waals surface area (Å²) in [6, 6.07) is 7.17. The Labute approximate surface area is 120 Å². The van der Waals surface area contributed by atoms with Gasteiger partial charge in [-0.3, -0.25) is 14.5 Å². The molecule has 1 aromatic rings. The SMILES string of the molecule is CC1C(=O)N(CC(O)c2ccc(Br)cc2)C(=O)C1C. The first kappa shape index (κ1) is 14.2. The maximum absolute atomic E-state index is 11.9. The van der Waals surface area contributed by atoms with Crippen molar-refractivity contribution in [3.05, 3.63) is 34.3 Å². The van der Waals surface area contributed by atoms with Crippen LogP contribution in [0.1, 0.15) is 25.5 Å². The molecule has 0 saturated carbocycles. The molecule has 3 atom stereocenters. The average molecular weight is 326 g/mol. The number of aliphatic hydroxyl groups excluding tert-OH is 1. The second-order valence-electron chi connectivity index (χ2n) is 4.93. The van der Waals surface area contributed by atoms with Crippen LogP contribution in [0.3, 0.4) is 0 Å². The molecule has 19 heavy (non-hydrogen) atoms. The fraction of sp³-hybridized carbons (Fsp3) is 0.429. The Balaban J connectivity index is 2.11. The lowest BCUT2D eigenvalue weighted by Crippen LogP contribution is -2.34. The van der Waals surface area contributed by atoms with Gasteiger partial charge in [0.05, 0.1) is 12.6 Å². The highest BCUT2D eigenvalue weighted by molar-refractivity contribution is 9.10. The molecule has 0 bridgehead atoms. The molecule has 1 heterocycles. The van der Waals surface area contributed by atoms with E-state index in [1.54, 1.807) is 26.0 Å². The van der Waals surface area contributed by atoms with Crippen LogP contribution < -0.4 is 0 Å². The van der Waals surface area contributed by atoms with E-state index in [0.29, 0.717) is 5.56 Å². The number of rotatable bonds is 3. The maximum Gasteiger partial charge on any atom is 0.232 e. The Kier molecular flexibility index (Phi) is 4.06. The molecular weight excluding hydrogens is 310 g/mol. The number of nitrogens with zero attached hydrogens (tertiary/aromatic N) is 1. The van der Waals surface area contributed by atoms with Gasteiger partial charge in [0.2, 0.25) is 11.8 Å². The summed E-state index contributed by atoms with van der Waals surface area (Å²) in [7, 11) is 0. The van der Waals surface area contributed by atoms with Gasteiger partial charge in [-0.25, -0.2) is 0 Å². The number of likely N-dealkylation sites (tertiary alicyclic amines) is 1. The normalized spacial score (nSPS) is 24.9. The zero-order valence-corrected chi connectivity index (χ0v) is 12.4. The number of halogens is 1. The number of carbonyl (C=O) groups is 2. The van der Waals surface area contributed by atoms with Crippen LogP contribution in [0.2, 0.25) is 0 Å². The summed E-state index contributed by atoms with van der Waals surface area (Å²) in [5.74, 6) is -1.00. The van der Waals surface area contributed by atoms with Crippen molar-refractivity contribution >= 4 is 27.7 Å². The first-order valence-electron chi connectivity index (χ1n) is 6.20. The van der Waals surface area contributed by atoms with Gasteiger partial charge in [0.25, 0.3) is 0 Å². The lowest BCUT2D eigenvalue weighted by Gasteiger charge is -2.19. The molecule has 5 heteroatoms. The Morgan fingerprint density at radius 3 is 2.11 bits per heavy atom. The highest BCUT2D eigenvalue weighted by atomic mass is 79.9. The van der Waals surface area contributed by atoms with Crippen LogP contribution in [0.25, 0.3) is 0 Å². The zero-order chi connectivity index (χ0) is 14.2. The molecule has 102 valence electrons. The van der Waals surface area contributed by atoms with E-state index in [9.17, 15) is 14.7 Å². The first-order chi connectivity index (χ1) is 8.91. The van der Waals surface area contributed by atoms with Gasteiger partial charge in [0.15, 0.2) is 0 Å². The number of aliphatic hydroxyl groups is 1. The van der Waals surface area contributed by atoms with Crippen LogP contribution in [0.15, 0.2) is 28.7 Å². The van der Waals surface area contributed by atoms with E-state index in [4.69, 9.17) is 0 Å². The molecule has 1 aliphatic heterocycles. The second-order valence-corrected chi connectivity index (χ2v) is 5.85. The molecule has 1 aliphatic rings. The minimum Gasteiger partial charge on any atom is -0.387 e. The fourth-order valence-corrected chi connectivity index (χ4v) is 2.44. The number of imide groups is 1. The van der Waals surface area contributed by atoms with E-state index in [0.717, 1.165) is 4.47 Å². The molecule has 1 saturated heterocycles. The van der Waals surface area contributed by atoms with Crippen LogP contribution in [-0.4, -0.2) is 28.4 Å². The Hall–Kier alpha value is -1.20. The molecular formula is C14H16BrNO3. The molecule has 1 aromatic carbocycles. The minimum absolute atomic E-state index is 0.0218. The molecule has 0 aromatic heterocycles. The lowest BCUT2D eigenvalue weighted by atomic mass is 10.00. The highest BCUT2D eigenvalue weighted by Crippen LogP contribution is 2.27. The van der Waals surface area contributed by atoms with Crippen molar-refractivity contribution in [3.63, 3.8) is 0 Å². The van der Waals surface area contributed by atoms with Crippen molar-refractivity contribution in [2.75, 3.05) is 6.54 Å². The van der Waals surface area contributed by atoms with Crippen molar-refractivity contribution in [1.82, 2.24) is 4.90 Å². The number of hydrogen-bond donors (Lipinski definition) is 1. The summed E-state index contributed by atoms with van der Waals surface area (Å²) < 4.78 is 0.916. The molecule has 2 amide bonds. The number of β-amino-alcohol motifs (C(OH)–C–C–N with tert-alkyl or cyclic N) is 1. The van der Waals surface area contributed by atoms with Gasteiger partial charge >= 0.3 is 0 Å². The van der Waals surface area contributed by atoms with Gasteiger partial charge in [-0.2, -0.15) is 0 Å². The van der Waals surface area contributed by atoms with Gasteiger partial charge in [-0.05, 0) is 17.7 Å². The second kappa shape index (κ2) is 5.43. The number of carbonyl (C=O) groups excluding carboxylic acids is 2. The van der Waals surface area contributed by atoms with Gasteiger partial charge in [0, 0.05) is 16.3 Å². The van der Waals surface area contributed by atoms with Gasteiger partial charge < -0.3 is 5.11 Å². The van der Waals surface area contributed by atoms with Crippen LogP contribution in [-0.2, 0) is 9.59 Å². The molecule has 0 aliphatic carbocycles. The van der Waals surface area contributed by atoms with Crippen molar-refractivity contribution in [2.24, 2.45) is 11.8 Å². The molecule has 4 nitrogen and oxygen atoms in total. The molecule has 0 radical (unpaired) electrons. The third-order valence-electron chi connectivity index (χ3n) is 3.67. The van der Waals surface area contributed by atoms with Crippen molar-refractivity contribution in [3.8, 4) is 0 Å². The van der Waals surface area contributed by atoms with E-state index < -0.39 is 6.10 Å². The number of benzene rings is 1. The molecule has 3 unspecified atom stereocenters. The Bertz CT molecular complexity index is 480. The third kappa shape index (κ3) is 2.72. The predicted molar refractivity (Wildman–Crippen MR) is 74.1 cm³/mol. The summed E-state index contributed by atoms with van der Waals surface area (Å²) in [6.07, 6.45) is -0.849. The number of hydrogen-bond acceptors (Lipinski definition) is 3. The van der Waals surface area contributed by atoms with Crippen molar-refractivity contribution in [2.45, 2.75) is 20.0 Å². The summed E-state index contributed by atoms with van der Waals surface area (Å²) in [5, 5.41) is 10.1. The monoisotopic (exact) mass is 325 g/mol. The molecule has 1 fully saturated rings. The minimum atomic E-state index is -0.849. The van der Waals surface area contributed by atoms with Gasteiger partial charge in [-0.1, -0.05) is 41.9 Å². The standard InChI is InChI=1S/C14H16BrNO3/c1-8-9(2)14(19)16(13(8)18)7-12(17)10-3-5-11(15)6-4-10/h3-6,8-9,12,17H,7H2,1-2H3. The summed E-state index contributed by atoms with van der Waals surface area (Å²) in [6.45, 7) is 3.52. The third-order valence-corrected chi connectivity index (χ3v) is 4.20. The van der Waals surface area contributed by atoms with Crippen LogP contribution in [0.4, 0.5) is 0 Å². The van der Waals surface area contributed by atoms with E-state index in [1.165, 1.54) is 4.90 Å². The van der Waals surface area contributed by atoms with Crippen molar-refractivity contribution in [1.29, 1.82) is 0 Å². The lowest BCUT2D eigenvalue weighted by molar-refractivity contribution is -0.141. The highest BCUT2D eigenvalue weighted by Gasteiger charge is 2.42. The van der Waals surface area contributed by atoms with E-state index >= 15 is 0 Å². The predicted octanol–water partition coefficient (Wildman–Crippen LogP) is 2.12. The summed E-state index contributed by atoms with van der Waals surface area (Å²) in [4.78, 5) is 25.0. The topological polar surface area (TPSA) is 57.6 Å². The van der Waals surface area contributed by atoms with Crippen LogP contribution >= 0.6 is 15.9 Å².